The van der Waals surface area contributed by atoms with Gasteiger partial charge in [0.05, 0.1) is 12.1 Å². The van der Waals surface area contributed by atoms with Crippen LogP contribution in [0.15, 0.2) is 47.3 Å². The first-order valence-corrected chi connectivity index (χ1v) is 6.61. The number of oxazole rings is 1. The zero-order chi connectivity index (χ0) is 14.6. The van der Waals surface area contributed by atoms with Gasteiger partial charge >= 0.3 is 5.97 Å². The van der Waals surface area contributed by atoms with E-state index in [0.29, 0.717) is 12.2 Å². The summed E-state index contributed by atoms with van der Waals surface area (Å²) in [6.07, 6.45) is 3.44. The van der Waals surface area contributed by atoms with Crippen molar-refractivity contribution in [3.8, 4) is 0 Å². The molecule has 0 spiro atoms. The molecular weight excluding hydrogens is 254 g/mol. The van der Waals surface area contributed by atoms with Crippen molar-refractivity contribution >= 4 is 5.97 Å². The summed E-state index contributed by atoms with van der Waals surface area (Å²) in [6, 6.07) is 9.58. The molecule has 0 N–H and O–H groups in total. The van der Waals surface area contributed by atoms with E-state index in [-0.39, 0.29) is 11.9 Å². The molecule has 0 aliphatic heterocycles. The first-order chi connectivity index (χ1) is 9.46. The molecule has 0 saturated carbocycles. The summed E-state index contributed by atoms with van der Waals surface area (Å²) in [7, 11) is 0. The zero-order valence-corrected chi connectivity index (χ0v) is 12.0. The van der Waals surface area contributed by atoms with Crippen LogP contribution in [-0.4, -0.2) is 16.6 Å². The van der Waals surface area contributed by atoms with Crippen LogP contribution in [0.2, 0.25) is 0 Å². The summed E-state index contributed by atoms with van der Waals surface area (Å²) in [5.41, 5.74) is 0.407. The van der Waals surface area contributed by atoms with Crippen molar-refractivity contribution in [1.82, 2.24) is 4.98 Å². The molecule has 1 heterocycles. The van der Waals surface area contributed by atoms with Gasteiger partial charge in [0.1, 0.15) is 11.4 Å². The van der Waals surface area contributed by atoms with E-state index in [1.807, 2.05) is 51.1 Å². The van der Waals surface area contributed by atoms with E-state index in [1.54, 1.807) is 6.20 Å². The van der Waals surface area contributed by atoms with Crippen molar-refractivity contribution in [3.63, 3.8) is 0 Å². The van der Waals surface area contributed by atoms with Gasteiger partial charge in [0.15, 0.2) is 6.39 Å². The van der Waals surface area contributed by atoms with E-state index in [4.69, 9.17) is 9.15 Å². The molecule has 4 heteroatoms. The fourth-order valence-electron chi connectivity index (χ4n) is 1.94. The highest BCUT2D eigenvalue weighted by atomic mass is 16.6. The molecule has 0 bridgehead atoms. The van der Waals surface area contributed by atoms with Crippen LogP contribution in [0.1, 0.15) is 38.0 Å². The smallest absolute Gasteiger partial charge is 0.314 e. The first kappa shape index (κ1) is 14.3. The average molecular weight is 273 g/mol. The molecule has 106 valence electrons. The van der Waals surface area contributed by atoms with Crippen molar-refractivity contribution in [3.05, 3.63) is 54.2 Å². The van der Waals surface area contributed by atoms with Crippen molar-refractivity contribution in [2.24, 2.45) is 0 Å². The van der Waals surface area contributed by atoms with Crippen molar-refractivity contribution in [2.75, 3.05) is 0 Å². The van der Waals surface area contributed by atoms with Crippen LogP contribution >= 0.6 is 0 Å². The predicted octanol–water partition coefficient (Wildman–Crippen LogP) is 3.34. The van der Waals surface area contributed by atoms with Crippen LogP contribution in [-0.2, 0) is 16.0 Å². The minimum absolute atomic E-state index is 0.250. The molecule has 1 aromatic heterocycles. The minimum Gasteiger partial charge on any atom is -0.459 e. The molecule has 2 rings (SSSR count). The van der Waals surface area contributed by atoms with E-state index in [9.17, 15) is 4.79 Å². The van der Waals surface area contributed by atoms with Gasteiger partial charge < -0.3 is 9.15 Å². The van der Waals surface area contributed by atoms with Crippen LogP contribution < -0.4 is 0 Å². The Morgan fingerprint density at radius 2 is 2.00 bits per heavy atom. The van der Waals surface area contributed by atoms with E-state index in [1.165, 1.54) is 6.39 Å². The maximum absolute atomic E-state index is 12.4. The Labute approximate surface area is 118 Å². The Kier molecular flexibility index (Phi) is 4.23. The monoisotopic (exact) mass is 273 g/mol. The molecule has 20 heavy (non-hydrogen) atoms. The highest BCUT2D eigenvalue weighted by Crippen LogP contribution is 2.24. The van der Waals surface area contributed by atoms with E-state index < -0.39 is 5.60 Å². The van der Waals surface area contributed by atoms with E-state index in [2.05, 4.69) is 4.98 Å². The van der Waals surface area contributed by atoms with Gasteiger partial charge in [-0.2, -0.15) is 0 Å². The highest BCUT2D eigenvalue weighted by molar-refractivity contribution is 5.78. The lowest BCUT2D eigenvalue weighted by Crippen LogP contribution is -2.28. The van der Waals surface area contributed by atoms with Gasteiger partial charge in [0.2, 0.25) is 0 Å². The number of benzene rings is 1. The van der Waals surface area contributed by atoms with Gasteiger partial charge in [0, 0.05) is 6.42 Å². The summed E-state index contributed by atoms with van der Waals surface area (Å²) in [5, 5.41) is 0. The van der Waals surface area contributed by atoms with Crippen LogP contribution in [0.25, 0.3) is 0 Å². The number of ether oxygens (including phenoxy) is 1. The normalized spacial score (nSPS) is 12.9. The van der Waals surface area contributed by atoms with E-state index in [0.717, 1.165) is 5.56 Å². The molecule has 0 unspecified atom stereocenters. The molecule has 2 aromatic rings. The summed E-state index contributed by atoms with van der Waals surface area (Å²) in [6.45, 7) is 5.59. The van der Waals surface area contributed by atoms with Crippen molar-refractivity contribution in [1.29, 1.82) is 0 Å². The lowest BCUT2D eigenvalue weighted by atomic mass is 9.94. The Morgan fingerprint density at radius 3 is 2.55 bits per heavy atom. The Bertz CT molecular complexity index is 541. The molecular formula is C16H19NO3. The Balaban J connectivity index is 2.22. The quantitative estimate of drug-likeness (QED) is 0.802. The molecule has 1 atom stereocenters. The number of carbonyl (C=O) groups is 1. The molecule has 0 amide bonds. The fraction of sp³-hybridized carbons (Fsp3) is 0.375. The number of hydrogen-bond donors (Lipinski definition) is 0. The number of aromatic nitrogens is 1. The van der Waals surface area contributed by atoms with Gasteiger partial charge in [-0.15, -0.1) is 0 Å². The number of esters is 1. The van der Waals surface area contributed by atoms with Crippen LogP contribution in [0.5, 0.6) is 0 Å². The third-order valence-electron chi connectivity index (χ3n) is 2.78. The zero-order valence-electron chi connectivity index (χ0n) is 12.0. The minimum atomic E-state index is -0.508. The maximum Gasteiger partial charge on any atom is 0.314 e. The summed E-state index contributed by atoms with van der Waals surface area (Å²) < 4.78 is 10.7. The molecule has 0 fully saturated rings. The molecule has 4 nitrogen and oxygen atoms in total. The molecule has 0 aliphatic rings. The number of rotatable bonds is 4. The number of carbonyl (C=O) groups excluding carboxylic acids is 1. The van der Waals surface area contributed by atoms with Gasteiger partial charge in [-0.05, 0) is 26.3 Å². The van der Waals surface area contributed by atoms with Crippen LogP contribution in [0.4, 0.5) is 0 Å². The maximum atomic E-state index is 12.4. The number of hydrogen-bond acceptors (Lipinski definition) is 4. The van der Waals surface area contributed by atoms with Gasteiger partial charge in [-0.3, -0.25) is 4.79 Å². The molecule has 0 aliphatic carbocycles. The topological polar surface area (TPSA) is 52.3 Å². The second-order valence-corrected chi connectivity index (χ2v) is 5.67. The molecule has 0 radical (unpaired) electrons. The van der Waals surface area contributed by atoms with E-state index >= 15 is 0 Å². The second-order valence-electron chi connectivity index (χ2n) is 5.67. The fourth-order valence-corrected chi connectivity index (χ4v) is 1.94. The van der Waals surface area contributed by atoms with Crippen molar-refractivity contribution in [2.45, 2.75) is 38.7 Å². The lowest BCUT2D eigenvalue weighted by molar-refractivity contribution is -0.156. The van der Waals surface area contributed by atoms with Crippen molar-refractivity contribution < 1.29 is 13.9 Å². The van der Waals surface area contributed by atoms with Crippen LogP contribution in [0, 0.1) is 0 Å². The molecule has 0 saturated heterocycles. The third kappa shape index (κ3) is 3.95. The van der Waals surface area contributed by atoms with Gasteiger partial charge in [-0.1, -0.05) is 30.3 Å². The lowest BCUT2D eigenvalue weighted by Gasteiger charge is -2.23. The standard InChI is InChI=1S/C16H19NO3/c1-16(2,3)20-15(18)14(9-13-10-17-11-19-13)12-7-5-4-6-8-12/h4-8,10-11,14H,9H2,1-3H3/t14-/m0/s1. The highest BCUT2D eigenvalue weighted by Gasteiger charge is 2.27. The van der Waals surface area contributed by atoms with Crippen LogP contribution in [0.3, 0.4) is 0 Å². The summed E-state index contributed by atoms with van der Waals surface area (Å²) in [4.78, 5) is 16.3. The predicted molar refractivity (Wildman–Crippen MR) is 75.2 cm³/mol. The van der Waals surface area contributed by atoms with Gasteiger partial charge in [0.25, 0.3) is 0 Å². The third-order valence-corrected chi connectivity index (χ3v) is 2.78. The Hall–Kier alpha value is -2.10. The second kappa shape index (κ2) is 5.90. The Morgan fingerprint density at radius 1 is 1.30 bits per heavy atom. The largest absolute Gasteiger partial charge is 0.459 e. The summed E-state index contributed by atoms with van der Waals surface area (Å²) in [5.74, 6) is 0.0354. The average Bonchev–Trinajstić information content (AvgIpc) is 2.87. The van der Waals surface area contributed by atoms with Gasteiger partial charge in [-0.25, -0.2) is 4.98 Å². The SMILES string of the molecule is CC(C)(C)OC(=O)[C@@H](Cc1cnco1)c1ccccc1. The summed E-state index contributed by atoms with van der Waals surface area (Å²) >= 11 is 0. The molecule has 1 aromatic carbocycles. The first-order valence-electron chi connectivity index (χ1n) is 6.61. The number of nitrogens with zero attached hydrogens (tertiary/aromatic N) is 1.